The second kappa shape index (κ2) is 12.8. The number of nitrogens with one attached hydrogen (secondary N) is 3. The standard InChI is InChI=1S/C25H34N4O3/c1-32-23-10-8-20(9-11-23)19-26-12-13-27-24(30)21-6-5-7-22(18-21)25(31)28-14-17-29-15-3-2-4-16-29/h5-11,18,26H,2-4,12-17,19H2,1H3,(H,27,30)(H,28,31). The van der Waals surface area contributed by atoms with E-state index < -0.39 is 0 Å². The molecule has 172 valence electrons. The largest absolute Gasteiger partial charge is 0.497 e. The van der Waals surface area contributed by atoms with Crippen molar-refractivity contribution in [2.45, 2.75) is 25.8 Å². The van der Waals surface area contributed by atoms with E-state index >= 15 is 0 Å². The van der Waals surface area contributed by atoms with E-state index in [4.69, 9.17) is 4.74 Å². The molecule has 3 rings (SSSR count). The van der Waals surface area contributed by atoms with Crippen LogP contribution in [0.3, 0.4) is 0 Å². The van der Waals surface area contributed by atoms with Gasteiger partial charge in [-0.25, -0.2) is 0 Å². The molecule has 32 heavy (non-hydrogen) atoms. The molecular weight excluding hydrogens is 404 g/mol. The van der Waals surface area contributed by atoms with Crippen LogP contribution in [-0.2, 0) is 6.54 Å². The maximum Gasteiger partial charge on any atom is 0.251 e. The van der Waals surface area contributed by atoms with E-state index in [1.54, 1.807) is 31.4 Å². The van der Waals surface area contributed by atoms with E-state index in [-0.39, 0.29) is 11.8 Å². The number of hydrogen-bond acceptors (Lipinski definition) is 5. The van der Waals surface area contributed by atoms with Gasteiger partial charge in [-0.2, -0.15) is 0 Å². The quantitative estimate of drug-likeness (QED) is 0.470. The molecule has 0 aliphatic carbocycles. The summed E-state index contributed by atoms with van der Waals surface area (Å²) in [4.78, 5) is 27.3. The van der Waals surface area contributed by atoms with Gasteiger partial charge in [0.2, 0.25) is 0 Å². The molecule has 1 fully saturated rings. The fraction of sp³-hybridized carbons (Fsp3) is 0.440. The zero-order chi connectivity index (χ0) is 22.6. The Labute approximate surface area is 190 Å². The van der Waals surface area contributed by atoms with Crippen molar-refractivity contribution in [2.75, 3.05) is 46.4 Å². The maximum absolute atomic E-state index is 12.5. The number of rotatable bonds is 11. The average molecular weight is 439 g/mol. The zero-order valence-corrected chi connectivity index (χ0v) is 18.9. The van der Waals surface area contributed by atoms with Crippen LogP contribution in [0.2, 0.25) is 0 Å². The van der Waals surface area contributed by atoms with Crippen molar-refractivity contribution in [3.8, 4) is 5.75 Å². The van der Waals surface area contributed by atoms with Crippen molar-refractivity contribution in [1.82, 2.24) is 20.9 Å². The number of ether oxygens (including phenoxy) is 1. The molecule has 0 atom stereocenters. The van der Waals surface area contributed by atoms with Crippen molar-refractivity contribution in [3.63, 3.8) is 0 Å². The van der Waals surface area contributed by atoms with Crippen LogP contribution in [0.4, 0.5) is 0 Å². The first-order valence-electron chi connectivity index (χ1n) is 11.4. The minimum Gasteiger partial charge on any atom is -0.497 e. The summed E-state index contributed by atoms with van der Waals surface area (Å²) in [7, 11) is 1.65. The molecule has 7 nitrogen and oxygen atoms in total. The number of methoxy groups -OCH3 is 1. The van der Waals surface area contributed by atoms with E-state index in [2.05, 4.69) is 20.9 Å². The first-order chi connectivity index (χ1) is 15.7. The van der Waals surface area contributed by atoms with Crippen molar-refractivity contribution in [2.24, 2.45) is 0 Å². The first-order valence-corrected chi connectivity index (χ1v) is 11.4. The van der Waals surface area contributed by atoms with Gasteiger partial charge in [0.25, 0.3) is 11.8 Å². The van der Waals surface area contributed by atoms with Gasteiger partial charge in [-0.15, -0.1) is 0 Å². The monoisotopic (exact) mass is 438 g/mol. The normalized spacial score (nSPS) is 14.0. The van der Waals surface area contributed by atoms with Gasteiger partial charge < -0.3 is 25.6 Å². The third-order valence-electron chi connectivity index (χ3n) is 5.62. The van der Waals surface area contributed by atoms with Crippen LogP contribution in [0.15, 0.2) is 48.5 Å². The highest BCUT2D eigenvalue weighted by molar-refractivity contribution is 5.99. The van der Waals surface area contributed by atoms with Gasteiger partial charge in [0, 0.05) is 43.9 Å². The summed E-state index contributed by atoms with van der Waals surface area (Å²) in [5.74, 6) is 0.510. The van der Waals surface area contributed by atoms with E-state index in [0.29, 0.717) is 37.3 Å². The molecular formula is C25H34N4O3. The Bertz CT molecular complexity index is 864. The van der Waals surface area contributed by atoms with Crippen LogP contribution in [0.1, 0.15) is 45.5 Å². The van der Waals surface area contributed by atoms with Gasteiger partial charge in [-0.3, -0.25) is 9.59 Å². The highest BCUT2D eigenvalue weighted by Gasteiger charge is 2.12. The van der Waals surface area contributed by atoms with Crippen LogP contribution in [0.25, 0.3) is 0 Å². The molecule has 1 heterocycles. The van der Waals surface area contributed by atoms with Gasteiger partial charge in [0.15, 0.2) is 0 Å². The topological polar surface area (TPSA) is 82.7 Å². The van der Waals surface area contributed by atoms with Crippen molar-refractivity contribution < 1.29 is 14.3 Å². The number of amides is 2. The smallest absolute Gasteiger partial charge is 0.251 e. The van der Waals surface area contributed by atoms with Crippen molar-refractivity contribution in [3.05, 3.63) is 65.2 Å². The van der Waals surface area contributed by atoms with Crippen LogP contribution in [0, 0.1) is 0 Å². The number of piperidine rings is 1. The highest BCUT2D eigenvalue weighted by Crippen LogP contribution is 2.11. The number of likely N-dealkylation sites (tertiary alicyclic amines) is 1. The van der Waals surface area contributed by atoms with Crippen LogP contribution < -0.4 is 20.7 Å². The number of carbonyl (C=O) groups is 2. The number of benzene rings is 2. The zero-order valence-electron chi connectivity index (χ0n) is 18.9. The predicted octanol–water partition coefficient (Wildman–Crippen LogP) is 2.43. The predicted molar refractivity (Wildman–Crippen MR) is 126 cm³/mol. The van der Waals surface area contributed by atoms with E-state index in [1.165, 1.54) is 19.3 Å². The average Bonchev–Trinajstić information content (AvgIpc) is 2.84. The minimum absolute atomic E-state index is 0.141. The molecule has 2 aromatic rings. The third kappa shape index (κ3) is 7.66. The molecule has 0 spiro atoms. The van der Waals surface area contributed by atoms with Crippen LogP contribution >= 0.6 is 0 Å². The van der Waals surface area contributed by atoms with Gasteiger partial charge in [0.05, 0.1) is 7.11 Å². The van der Waals surface area contributed by atoms with Gasteiger partial charge >= 0.3 is 0 Å². The third-order valence-corrected chi connectivity index (χ3v) is 5.62. The Morgan fingerprint density at radius 2 is 1.53 bits per heavy atom. The van der Waals surface area contributed by atoms with Gasteiger partial charge in [-0.1, -0.05) is 24.6 Å². The lowest BCUT2D eigenvalue weighted by Crippen LogP contribution is -2.37. The number of hydrogen-bond donors (Lipinski definition) is 3. The Balaban J connectivity index is 1.36. The molecule has 3 N–H and O–H groups in total. The molecule has 0 aromatic heterocycles. The summed E-state index contributed by atoms with van der Waals surface area (Å²) in [5, 5.41) is 9.16. The Kier molecular flexibility index (Phi) is 9.53. The number of nitrogens with zero attached hydrogens (tertiary/aromatic N) is 1. The Morgan fingerprint density at radius 1 is 0.875 bits per heavy atom. The lowest BCUT2D eigenvalue weighted by molar-refractivity contribution is 0.0946. The molecule has 1 aliphatic rings. The Morgan fingerprint density at radius 3 is 2.19 bits per heavy atom. The molecule has 0 bridgehead atoms. The number of carbonyl (C=O) groups excluding carboxylic acids is 2. The lowest BCUT2D eigenvalue weighted by Gasteiger charge is -2.26. The van der Waals surface area contributed by atoms with E-state index in [9.17, 15) is 9.59 Å². The van der Waals surface area contributed by atoms with Gasteiger partial charge in [-0.05, 0) is 61.8 Å². The molecule has 1 saturated heterocycles. The lowest BCUT2D eigenvalue weighted by atomic mass is 10.1. The maximum atomic E-state index is 12.5. The molecule has 0 unspecified atom stereocenters. The molecule has 2 aromatic carbocycles. The fourth-order valence-electron chi connectivity index (χ4n) is 3.76. The summed E-state index contributed by atoms with van der Waals surface area (Å²) in [5.41, 5.74) is 2.15. The highest BCUT2D eigenvalue weighted by atomic mass is 16.5. The summed E-state index contributed by atoms with van der Waals surface area (Å²) in [6, 6.07) is 14.7. The van der Waals surface area contributed by atoms with Crippen molar-refractivity contribution >= 4 is 11.8 Å². The van der Waals surface area contributed by atoms with Crippen molar-refractivity contribution in [1.29, 1.82) is 0 Å². The summed E-state index contributed by atoms with van der Waals surface area (Å²) in [6.07, 6.45) is 3.78. The molecule has 1 aliphatic heterocycles. The molecule has 0 saturated carbocycles. The molecule has 0 radical (unpaired) electrons. The summed E-state index contributed by atoms with van der Waals surface area (Å²) < 4.78 is 5.15. The SMILES string of the molecule is COc1ccc(CNCCNC(=O)c2cccc(C(=O)NCCN3CCCCC3)c2)cc1. The van der Waals surface area contributed by atoms with Gasteiger partial charge in [0.1, 0.15) is 5.75 Å². The molecule has 2 amide bonds. The van der Waals surface area contributed by atoms with Crippen LogP contribution in [0.5, 0.6) is 5.75 Å². The van der Waals surface area contributed by atoms with E-state index in [1.807, 2.05) is 24.3 Å². The second-order valence-electron chi connectivity index (χ2n) is 8.02. The Hall–Kier alpha value is -2.90. The molecule has 7 heteroatoms. The summed E-state index contributed by atoms with van der Waals surface area (Å²) >= 11 is 0. The fourth-order valence-corrected chi connectivity index (χ4v) is 3.76. The second-order valence-corrected chi connectivity index (χ2v) is 8.02. The van der Waals surface area contributed by atoms with E-state index in [0.717, 1.165) is 30.9 Å². The summed E-state index contributed by atoms with van der Waals surface area (Å²) in [6.45, 7) is 5.58. The first kappa shape index (κ1) is 23.8. The minimum atomic E-state index is -0.181. The van der Waals surface area contributed by atoms with Crippen LogP contribution in [-0.4, -0.2) is 63.1 Å².